The van der Waals surface area contributed by atoms with Crippen molar-refractivity contribution in [3.05, 3.63) is 83.7 Å². The second-order valence-corrected chi connectivity index (χ2v) is 9.31. The Kier molecular flexibility index (Phi) is 7.78. The first kappa shape index (κ1) is 25.0. The Hall–Kier alpha value is -3.59. The van der Waals surface area contributed by atoms with Crippen molar-refractivity contribution < 1.29 is 31.3 Å². The molecule has 0 spiro atoms. The van der Waals surface area contributed by atoms with Gasteiger partial charge in [0.2, 0.25) is 0 Å². The third-order valence-electron chi connectivity index (χ3n) is 5.07. The summed E-state index contributed by atoms with van der Waals surface area (Å²) in [5, 5.41) is 0. The lowest BCUT2D eigenvalue weighted by molar-refractivity contribution is 0.0689. The first-order chi connectivity index (χ1) is 16.1. The SMILES string of the molecule is COc1cc(OC)cc(C(=O)N(Cc2ccc(OS(=O)(=O)c3ccc(F)cc3)cc2)C(C)C)c1. The van der Waals surface area contributed by atoms with Crippen LogP contribution in [0.3, 0.4) is 0 Å². The predicted octanol–water partition coefficient (Wildman–Crippen LogP) is 4.66. The Labute approximate surface area is 198 Å². The number of carbonyl (C=O) groups excluding carboxylic acids is 1. The molecule has 3 aromatic rings. The van der Waals surface area contributed by atoms with E-state index < -0.39 is 15.9 Å². The smallest absolute Gasteiger partial charge is 0.339 e. The predicted molar refractivity (Wildman–Crippen MR) is 125 cm³/mol. The standard InChI is InChI=1S/C25H26FNO6S/c1-17(2)27(25(28)19-13-22(31-3)15-23(14-19)32-4)16-18-5-9-21(10-6-18)33-34(29,30)24-11-7-20(26)8-12-24/h5-15,17H,16H2,1-4H3. The van der Waals surface area contributed by atoms with Crippen LogP contribution in [0.2, 0.25) is 0 Å². The number of rotatable bonds is 9. The van der Waals surface area contributed by atoms with E-state index in [9.17, 15) is 17.6 Å². The van der Waals surface area contributed by atoms with Crippen LogP contribution in [0.15, 0.2) is 71.6 Å². The van der Waals surface area contributed by atoms with Gasteiger partial charge in [-0.05, 0) is 67.9 Å². The van der Waals surface area contributed by atoms with Crippen LogP contribution in [-0.4, -0.2) is 39.5 Å². The van der Waals surface area contributed by atoms with E-state index in [1.807, 2.05) is 13.8 Å². The normalized spacial score (nSPS) is 11.2. The summed E-state index contributed by atoms with van der Waals surface area (Å²) in [6.45, 7) is 4.10. The summed E-state index contributed by atoms with van der Waals surface area (Å²) in [6.07, 6.45) is 0. The third-order valence-corrected chi connectivity index (χ3v) is 6.33. The molecule has 3 rings (SSSR count). The first-order valence-corrected chi connectivity index (χ1v) is 11.9. The van der Waals surface area contributed by atoms with Crippen molar-refractivity contribution in [1.82, 2.24) is 4.90 Å². The van der Waals surface area contributed by atoms with Crippen LogP contribution in [0, 0.1) is 5.82 Å². The number of amides is 1. The summed E-state index contributed by atoms with van der Waals surface area (Å²) in [5.41, 5.74) is 1.21. The molecule has 0 bridgehead atoms. The molecule has 0 heterocycles. The van der Waals surface area contributed by atoms with Crippen molar-refractivity contribution in [2.75, 3.05) is 14.2 Å². The topological polar surface area (TPSA) is 82.1 Å². The lowest BCUT2D eigenvalue weighted by Gasteiger charge is -2.27. The Morgan fingerprint density at radius 2 is 1.44 bits per heavy atom. The van der Waals surface area contributed by atoms with Crippen LogP contribution in [-0.2, 0) is 16.7 Å². The highest BCUT2D eigenvalue weighted by Crippen LogP contribution is 2.25. The summed E-state index contributed by atoms with van der Waals surface area (Å²) in [5.74, 6) is 0.380. The molecule has 9 heteroatoms. The molecule has 0 fully saturated rings. The molecule has 0 radical (unpaired) electrons. The molecule has 0 aliphatic carbocycles. The highest BCUT2D eigenvalue weighted by atomic mass is 32.2. The maximum Gasteiger partial charge on any atom is 0.339 e. The third kappa shape index (κ3) is 6.05. The number of nitrogens with zero attached hydrogens (tertiary/aromatic N) is 1. The fourth-order valence-corrected chi connectivity index (χ4v) is 4.14. The average Bonchev–Trinajstić information content (AvgIpc) is 2.82. The lowest BCUT2D eigenvalue weighted by Crippen LogP contribution is -2.36. The van der Waals surface area contributed by atoms with Crippen molar-refractivity contribution in [3.8, 4) is 17.2 Å². The summed E-state index contributed by atoms with van der Waals surface area (Å²) < 4.78 is 53.5. The van der Waals surface area contributed by atoms with Crippen LogP contribution < -0.4 is 13.7 Å². The zero-order chi connectivity index (χ0) is 24.9. The van der Waals surface area contributed by atoms with Gasteiger partial charge in [-0.2, -0.15) is 8.42 Å². The molecule has 0 N–H and O–H groups in total. The molecule has 0 aliphatic heterocycles. The number of hydrogen-bond donors (Lipinski definition) is 0. The Balaban J connectivity index is 1.77. The van der Waals surface area contributed by atoms with E-state index in [2.05, 4.69) is 0 Å². The first-order valence-electron chi connectivity index (χ1n) is 10.5. The van der Waals surface area contributed by atoms with Crippen molar-refractivity contribution in [2.45, 2.75) is 31.3 Å². The van der Waals surface area contributed by atoms with Gasteiger partial charge in [0, 0.05) is 24.2 Å². The quantitative estimate of drug-likeness (QED) is 0.408. The molecule has 0 atom stereocenters. The second-order valence-electron chi connectivity index (χ2n) is 7.76. The van der Waals surface area contributed by atoms with E-state index in [4.69, 9.17) is 13.7 Å². The molecule has 0 unspecified atom stereocenters. The van der Waals surface area contributed by atoms with Crippen LogP contribution >= 0.6 is 0 Å². The monoisotopic (exact) mass is 487 g/mol. The summed E-state index contributed by atoms with van der Waals surface area (Å²) in [7, 11) is -1.06. The van der Waals surface area contributed by atoms with Gasteiger partial charge in [0.15, 0.2) is 0 Å². The molecule has 34 heavy (non-hydrogen) atoms. The number of methoxy groups -OCH3 is 2. The molecule has 0 saturated heterocycles. The van der Waals surface area contributed by atoms with Gasteiger partial charge < -0.3 is 18.6 Å². The lowest BCUT2D eigenvalue weighted by atomic mass is 10.1. The van der Waals surface area contributed by atoms with Gasteiger partial charge >= 0.3 is 10.1 Å². The molecule has 1 amide bonds. The van der Waals surface area contributed by atoms with Crippen LogP contribution in [0.1, 0.15) is 29.8 Å². The molecule has 0 aliphatic rings. The van der Waals surface area contributed by atoms with Crippen molar-refractivity contribution in [2.24, 2.45) is 0 Å². The van der Waals surface area contributed by atoms with Gasteiger partial charge in [0.1, 0.15) is 28.0 Å². The second kappa shape index (κ2) is 10.6. The molecule has 0 aromatic heterocycles. The van der Waals surface area contributed by atoms with Crippen LogP contribution in [0.5, 0.6) is 17.2 Å². The van der Waals surface area contributed by atoms with E-state index in [0.29, 0.717) is 23.6 Å². The maximum absolute atomic E-state index is 13.2. The number of carbonyl (C=O) groups is 1. The largest absolute Gasteiger partial charge is 0.497 e. The summed E-state index contributed by atoms with van der Waals surface area (Å²) >= 11 is 0. The zero-order valence-electron chi connectivity index (χ0n) is 19.3. The summed E-state index contributed by atoms with van der Waals surface area (Å²) in [4.78, 5) is 14.8. The van der Waals surface area contributed by atoms with Gasteiger partial charge in [-0.3, -0.25) is 4.79 Å². The van der Waals surface area contributed by atoms with Crippen molar-refractivity contribution in [3.63, 3.8) is 0 Å². The van der Waals surface area contributed by atoms with Crippen LogP contribution in [0.4, 0.5) is 4.39 Å². The van der Waals surface area contributed by atoms with Gasteiger partial charge in [-0.1, -0.05) is 12.1 Å². The number of ether oxygens (including phenoxy) is 2. The zero-order valence-corrected chi connectivity index (χ0v) is 20.1. The van der Waals surface area contributed by atoms with E-state index >= 15 is 0 Å². The molecular formula is C25H26FNO6S. The molecular weight excluding hydrogens is 461 g/mol. The highest BCUT2D eigenvalue weighted by molar-refractivity contribution is 7.87. The number of benzene rings is 3. The minimum Gasteiger partial charge on any atom is -0.497 e. The van der Waals surface area contributed by atoms with E-state index in [1.165, 1.54) is 26.4 Å². The minimum absolute atomic E-state index is 0.105. The Bertz CT molecular complexity index is 1220. The van der Waals surface area contributed by atoms with Gasteiger partial charge in [0.05, 0.1) is 14.2 Å². The Morgan fingerprint density at radius 3 is 1.94 bits per heavy atom. The molecule has 7 nitrogen and oxygen atoms in total. The molecule has 3 aromatic carbocycles. The van der Waals surface area contributed by atoms with E-state index in [1.54, 1.807) is 35.2 Å². The fraction of sp³-hybridized carbons (Fsp3) is 0.240. The highest BCUT2D eigenvalue weighted by Gasteiger charge is 2.21. The number of halogens is 1. The number of hydrogen-bond acceptors (Lipinski definition) is 6. The minimum atomic E-state index is -4.10. The van der Waals surface area contributed by atoms with Crippen LogP contribution in [0.25, 0.3) is 0 Å². The summed E-state index contributed by atoms with van der Waals surface area (Å²) in [6, 6.07) is 15.6. The van der Waals surface area contributed by atoms with E-state index in [0.717, 1.165) is 29.8 Å². The van der Waals surface area contributed by atoms with Crippen molar-refractivity contribution in [1.29, 1.82) is 0 Å². The molecule has 0 saturated carbocycles. The van der Waals surface area contributed by atoms with Gasteiger partial charge in [-0.25, -0.2) is 4.39 Å². The Morgan fingerprint density at radius 1 is 0.882 bits per heavy atom. The fourth-order valence-electron chi connectivity index (χ4n) is 3.21. The molecule has 180 valence electrons. The maximum atomic E-state index is 13.2. The van der Waals surface area contributed by atoms with Gasteiger partial charge in [-0.15, -0.1) is 0 Å². The van der Waals surface area contributed by atoms with E-state index in [-0.39, 0.29) is 22.6 Å². The van der Waals surface area contributed by atoms with Crippen molar-refractivity contribution >= 4 is 16.0 Å². The average molecular weight is 488 g/mol. The van der Waals surface area contributed by atoms with Gasteiger partial charge in [0.25, 0.3) is 5.91 Å².